The van der Waals surface area contributed by atoms with Crippen molar-refractivity contribution in [3.8, 4) is 11.5 Å². The summed E-state index contributed by atoms with van der Waals surface area (Å²) in [5.41, 5.74) is 2.02. The number of amides is 1. The van der Waals surface area contributed by atoms with Gasteiger partial charge >= 0.3 is 0 Å². The van der Waals surface area contributed by atoms with Gasteiger partial charge in [-0.3, -0.25) is 9.69 Å². The van der Waals surface area contributed by atoms with E-state index in [1.54, 1.807) is 30.3 Å². The highest BCUT2D eigenvalue weighted by Gasteiger charge is 2.29. The summed E-state index contributed by atoms with van der Waals surface area (Å²) in [5.74, 6) is 0.800. The Balaban J connectivity index is 1.24. The molecule has 2 aliphatic rings. The molecule has 0 bridgehead atoms. The first-order valence-corrected chi connectivity index (χ1v) is 13.0. The van der Waals surface area contributed by atoms with Crippen molar-refractivity contribution in [3.05, 3.63) is 83.9 Å². The van der Waals surface area contributed by atoms with Crippen molar-refractivity contribution in [1.29, 1.82) is 0 Å². The van der Waals surface area contributed by atoms with Gasteiger partial charge in [0.1, 0.15) is 13.2 Å². The molecule has 182 valence electrons. The highest BCUT2D eigenvalue weighted by atomic mass is 32.2. The van der Waals surface area contributed by atoms with Gasteiger partial charge in [0.2, 0.25) is 10.0 Å². The zero-order valence-corrected chi connectivity index (χ0v) is 20.0. The van der Waals surface area contributed by atoms with Crippen LogP contribution in [0.1, 0.15) is 15.9 Å². The van der Waals surface area contributed by atoms with Crippen LogP contribution in [-0.4, -0.2) is 62.9 Å². The molecule has 0 saturated carbocycles. The first kappa shape index (κ1) is 23.3. The van der Waals surface area contributed by atoms with Crippen molar-refractivity contribution < 1.29 is 22.7 Å². The summed E-state index contributed by atoms with van der Waals surface area (Å²) in [4.78, 5) is 15.2. The summed E-state index contributed by atoms with van der Waals surface area (Å²) in [6.07, 6.45) is 0. The van der Waals surface area contributed by atoms with Crippen molar-refractivity contribution in [3.63, 3.8) is 0 Å². The maximum atomic E-state index is 13.3. The van der Waals surface area contributed by atoms with Gasteiger partial charge in [0.25, 0.3) is 5.91 Å². The van der Waals surface area contributed by atoms with Gasteiger partial charge in [-0.15, -0.1) is 0 Å². The van der Waals surface area contributed by atoms with E-state index < -0.39 is 15.9 Å². The molecule has 5 rings (SSSR count). The maximum absolute atomic E-state index is 13.3. The lowest BCUT2D eigenvalue weighted by Gasteiger charge is -2.34. The Hall–Kier alpha value is -3.40. The number of nitrogens with one attached hydrogen (secondary N) is 1. The molecule has 1 fully saturated rings. The molecule has 35 heavy (non-hydrogen) atoms. The van der Waals surface area contributed by atoms with Gasteiger partial charge in [0.15, 0.2) is 11.5 Å². The number of fused-ring (bicyclic) bond motifs is 1. The van der Waals surface area contributed by atoms with Crippen LogP contribution in [0.5, 0.6) is 11.5 Å². The average Bonchev–Trinajstić information content (AvgIpc) is 2.89. The molecule has 0 atom stereocenters. The van der Waals surface area contributed by atoms with Gasteiger partial charge < -0.3 is 14.8 Å². The Morgan fingerprint density at radius 1 is 0.829 bits per heavy atom. The van der Waals surface area contributed by atoms with E-state index in [0.717, 1.165) is 6.54 Å². The van der Waals surface area contributed by atoms with Crippen molar-refractivity contribution in [2.45, 2.75) is 11.4 Å². The predicted octanol–water partition coefficient (Wildman–Crippen LogP) is 3.22. The third kappa shape index (κ3) is 5.32. The maximum Gasteiger partial charge on any atom is 0.255 e. The molecule has 9 heteroatoms. The molecular formula is C26H27N3O5S. The fraction of sp³-hybridized carbons (Fsp3) is 0.269. The summed E-state index contributed by atoms with van der Waals surface area (Å²) in [7, 11) is -3.71. The minimum absolute atomic E-state index is 0.115. The number of carbonyl (C=O) groups is 1. The molecule has 3 aromatic carbocycles. The highest BCUT2D eigenvalue weighted by Crippen LogP contribution is 2.32. The smallest absolute Gasteiger partial charge is 0.255 e. The van der Waals surface area contributed by atoms with Crippen LogP contribution < -0.4 is 14.8 Å². The zero-order valence-electron chi connectivity index (χ0n) is 19.2. The lowest BCUT2D eigenvalue weighted by atomic mass is 10.2. The number of benzene rings is 3. The minimum atomic E-state index is -3.71. The standard InChI is InChI=1S/C26H27N3O5S/c30-26(27-22-9-10-24-25(18-22)34-16-15-33-24)21-7-4-8-23(17-21)35(31,32)29-13-11-28(12-14-29)19-20-5-2-1-3-6-20/h1-10,17-18H,11-16,19H2,(H,27,30). The lowest BCUT2D eigenvalue weighted by molar-refractivity contribution is 0.102. The van der Waals surface area contributed by atoms with Crippen LogP contribution in [0.15, 0.2) is 77.7 Å². The number of piperazine rings is 1. The van der Waals surface area contributed by atoms with Crippen molar-refractivity contribution in [2.75, 3.05) is 44.7 Å². The summed E-state index contributed by atoms with van der Waals surface area (Å²) in [5, 5.41) is 2.81. The normalized spacial score (nSPS) is 16.6. The van der Waals surface area contributed by atoms with E-state index in [1.165, 1.54) is 22.0 Å². The van der Waals surface area contributed by atoms with Crippen LogP contribution in [0.2, 0.25) is 0 Å². The molecule has 1 amide bonds. The molecule has 0 aromatic heterocycles. The first-order valence-electron chi connectivity index (χ1n) is 11.6. The Labute approximate surface area is 205 Å². The SMILES string of the molecule is O=C(Nc1ccc2c(c1)OCCO2)c1cccc(S(=O)(=O)N2CCN(Cc3ccccc3)CC2)c1. The van der Waals surface area contributed by atoms with E-state index in [0.29, 0.717) is 56.6 Å². The summed E-state index contributed by atoms with van der Waals surface area (Å²) in [6, 6.07) is 21.5. The van der Waals surface area contributed by atoms with E-state index in [4.69, 9.17) is 9.47 Å². The van der Waals surface area contributed by atoms with E-state index in [9.17, 15) is 13.2 Å². The molecule has 1 saturated heterocycles. The number of carbonyl (C=O) groups excluding carboxylic acids is 1. The topological polar surface area (TPSA) is 88.2 Å². The van der Waals surface area contributed by atoms with Crippen LogP contribution in [0.4, 0.5) is 5.69 Å². The van der Waals surface area contributed by atoms with Gasteiger partial charge in [0, 0.05) is 50.0 Å². The second-order valence-corrected chi connectivity index (χ2v) is 10.4. The Kier molecular flexibility index (Phi) is 6.72. The minimum Gasteiger partial charge on any atom is -0.486 e. The van der Waals surface area contributed by atoms with Gasteiger partial charge in [-0.05, 0) is 35.9 Å². The second-order valence-electron chi connectivity index (χ2n) is 8.51. The summed E-state index contributed by atoms with van der Waals surface area (Å²) < 4.78 is 39.1. The number of nitrogens with zero attached hydrogens (tertiary/aromatic N) is 2. The summed E-state index contributed by atoms with van der Waals surface area (Å²) in [6.45, 7) is 3.85. The van der Waals surface area contributed by atoms with Crippen molar-refractivity contribution in [1.82, 2.24) is 9.21 Å². The van der Waals surface area contributed by atoms with Gasteiger partial charge in [-0.25, -0.2) is 8.42 Å². The Bertz CT molecular complexity index is 1310. The first-order chi connectivity index (χ1) is 17.0. The molecule has 2 aliphatic heterocycles. The van der Waals surface area contributed by atoms with E-state index in [2.05, 4.69) is 22.3 Å². The third-order valence-electron chi connectivity index (χ3n) is 6.11. The van der Waals surface area contributed by atoms with Crippen LogP contribution in [0.3, 0.4) is 0 Å². The van der Waals surface area contributed by atoms with Crippen molar-refractivity contribution >= 4 is 21.6 Å². The molecule has 0 radical (unpaired) electrons. The van der Waals surface area contributed by atoms with E-state index in [-0.39, 0.29) is 10.5 Å². The second kappa shape index (κ2) is 10.1. The Morgan fingerprint density at radius 2 is 1.57 bits per heavy atom. The number of hydrogen-bond acceptors (Lipinski definition) is 6. The monoisotopic (exact) mass is 493 g/mol. The number of sulfonamides is 1. The van der Waals surface area contributed by atoms with Crippen LogP contribution in [-0.2, 0) is 16.6 Å². The lowest BCUT2D eigenvalue weighted by Crippen LogP contribution is -2.48. The molecule has 2 heterocycles. The molecular weight excluding hydrogens is 466 g/mol. The molecule has 0 aliphatic carbocycles. The number of rotatable bonds is 6. The predicted molar refractivity (Wildman–Crippen MR) is 132 cm³/mol. The molecule has 8 nitrogen and oxygen atoms in total. The van der Waals surface area contributed by atoms with E-state index in [1.807, 2.05) is 18.2 Å². The zero-order chi connectivity index (χ0) is 24.3. The fourth-order valence-corrected chi connectivity index (χ4v) is 5.71. The fourth-order valence-electron chi connectivity index (χ4n) is 4.24. The molecule has 3 aromatic rings. The number of ether oxygens (including phenoxy) is 2. The molecule has 1 N–H and O–H groups in total. The highest BCUT2D eigenvalue weighted by molar-refractivity contribution is 7.89. The Morgan fingerprint density at radius 3 is 2.34 bits per heavy atom. The quantitative estimate of drug-likeness (QED) is 0.567. The van der Waals surface area contributed by atoms with Gasteiger partial charge in [-0.2, -0.15) is 4.31 Å². The largest absolute Gasteiger partial charge is 0.486 e. The van der Waals surface area contributed by atoms with Crippen LogP contribution >= 0.6 is 0 Å². The molecule has 0 unspecified atom stereocenters. The van der Waals surface area contributed by atoms with Gasteiger partial charge in [0.05, 0.1) is 4.90 Å². The van der Waals surface area contributed by atoms with Crippen LogP contribution in [0.25, 0.3) is 0 Å². The average molecular weight is 494 g/mol. The number of anilines is 1. The summed E-state index contributed by atoms with van der Waals surface area (Å²) >= 11 is 0. The number of hydrogen-bond donors (Lipinski definition) is 1. The van der Waals surface area contributed by atoms with E-state index >= 15 is 0 Å². The van der Waals surface area contributed by atoms with Crippen molar-refractivity contribution in [2.24, 2.45) is 0 Å². The van der Waals surface area contributed by atoms with Crippen LogP contribution in [0, 0.1) is 0 Å². The molecule has 0 spiro atoms. The third-order valence-corrected chi connectivity index (χ3v) is 8.01. The van der Waals surface area contributed by atoms with Gasteiger partial charge in [-0.1, -0.05) is 36.4 Å².